The number of anilines is 2. The number of nitrogens with one attached hydrogen (secondary N) is 3. The van der Waals surface area contributed by atoms with Crippen molar-refractivity contribution in [3.63, 3.8) is 0 Å². The third-order valence-corrected chi connectivity index (χ3v) is 4.21. The lowest BCUT2D eigenvalue weighted by atomic mass is 10.2. The molecule has 3 N–H and O–H groups in total. The maximum atomic E-state index is 11.9. The van der Waals surface area contributed by atoms with E-state index in [1.807, 2.05) is 5.38 Å². The van der Waals surface area contributed by atoms with E-state index >= 15 is 0 Å². The smallest absolute Gasteiger partial charge is 0.252 e. The maximum Gasteiger partial charge on any atom is 0.252 e. The number of hydrogen-bond acceptors (Lipinski definition) is 4. The van der Waals surface area contributed by atoms with Gasteiger partial charge in [0.1, 0.15) is 0 Å². The van der Waals surface area contributed by atoms with Gasteiger partial charge < -0.3 is 16.0 Å². The highest BCUT2D eigenvalue weighted by Gasteiger charge is 2.08. The molecule has 0 saturated heterocycles. The molecule has 0 aliphatic rings. The van der Waals surface area contributed by atoms with E-state index in [0.29, 0.717) is 34.9 Å². The summed E-state index contributed by atoms with van der Waals surface area (Å²) in [5.41, 5.74) is 1.66. The summed E-state index contributed by atoms with van der Waals surface area (Å²) in [4.78, 5) is 34.7. The van der Waals surface area contributed by atoms with E-state index in [1.54, 1.807) is 29.6 Å². The van der Waals surface area contributed by atoms with Gasteiger partial charge in [-0.05, 0) is 36.1 Å². The molecule has 0 bridgehead atoms. The summed E-state index contributed by atoms with van der Waals surface area (Å²) in [5.74, 6) is -0.529. The van der Waals surface area contributed by atoms with Crippen LogP contribution in [-0.2, 0) is 9.59 Å². The van der Waals surface area contributed by atoms with Crippen LogP contribution in [0.25, 0.3) is 0 Å². The van der Waals surface area contributed by atoms with Crippen LogP contribution < -0.4 is 16.0 Å². The number of carbonyl (C=O) groups excluding carboxylic acids is 3. The highest BCUT2D eigenvalue weighted by atomic mass is 35.5. The van der Waals surface area contributed by atoms with Crippen molar-refractivity contribution in [1.29, 1.82) is 0 Å². The van der Waals surface area contributed by atoms with Crippen molar-refractivity contribution in [2.45, 2.75) is 19.8 Å². The van der Waals surface area contributed by atoms with E-state index in [-0.39, 0.29) is 24.1 Å². The molecule has 0 aliphatic carbocycles. The third-order valence-electron chi connectivity index (χ3n) is 3.21. The Kier molecular flexibility index (Phi) is 6.97. The van der Waals surface area contributed by atoms with Gasteiger partial charge in [-0.25, -0.2) is 0 Å². The van der Waals surface area contributed by atoms with Crippen LogP contribution in [0.1, 0.15) is 30.1 Å². The fraction of sp³-hybridized carbons (Fsp3) is 0.235. The number of thiophene rings is 1. The van der Waals surface area contributed by atoms with E-state index in [9.17, 15) is 14.4 Å². The monoisotopic (exact) mass is 379 g/mol. The second-order valence-electron chi connectivity index (χ2n) is 5.30. The first-order chi connectivity index (χ1) is 12.0. The molecule has 0 atom stereocenters. The minimum atomic E-state index is -0.219. The zero-order chi connectivity index (χ0) is 18.2. The predicted octanol–water partition coefficient (Wildman–Crippen LogP) is 3.51. The van der Waals surface area contributed by atoms with E-state index < -0.39 is 0 Å². The fourth-order valence-electron chi connectivity index (χ4n) is 2.05. The van der Waals surface area contributed by atoms with Gasteiger partial charge in [0.15, 0.2) is 0 Å². The zero-order valence-corrected chi connectivity index (χ0v) is 15.2. The summed E-state index contributed by atoms with van der Waals surface area (Å²) in [6, 6.07) is 6.61. The van der Waals surface area contributed by atoms with E-state index in [1.165, 1.54) is 18.3 Å². The van der Waals surface area contributed by atoms with Crippen LogP contribution in [0.3, 0.4) is 0 Å². The Morgan fingerprint density at radius 1 is 1.16 bits per heavy atom. The van der Waals surface area contributed by atoms with Crippen molar-refractivity contribution in [3.05, 3.63) is 45.6 Å². The Bertz CT molecular complexity index is 763. The Hall–Kier alpha value is -2.38. The SMILES string of the molecule is CC(=O)Nc1ccc(NC(=O)CCCNC(=O)c2ccsc2)cc1Cl. The molecule has 0 fully saturated rings. The first-order valence-electron chi connectivity index (χ1n) is 7.63. The van der Waals surface area contributed by atoms with E-state index in [0.717, 1.165) is 0 Å². The average molecular weight is 380 g/mol. The molecule has 8 heteroatoms. The third kappa shape index (κ3) is 6.21. The number of rotatable bonds is 7. The zero-order valence-electron chi connectivity index (χ0n) is 13.6. The lowest BCUT2D eigenvalue weighted by molar-refractivity contribution is -0.116. The van der Waals surface area contributed by atoms with Gasteiger partial charge in [0, 0.05) is 36.5 Å². The average Bonchev–Trinajstić information content (AvgIpc) is 3.08. The van der Waals surface area contributed by atoms with Gasteiger partial charge in [-0.1, -0.05) is 11.6 Å². The first kappa shape index (κ1) is 19.0. The second kappa shape index (κ2) is 9.19. The van der Waals surface area contributed by atoms with Gasteiger partial charge >= 0.3 is 0 Å². The van der Waals surface area contributed by atoms with Gasteiger partial charge in [-0.2, -0.15) is 11.3 Å². The Morgan fingerprint density at radius 2 is 1.96 bits per heavy atom. The minimum absolute atomic E-state index is 0.137. The van der Waals surface area contributed by atoms with Gasteiger partial charge in [0.25, 0.3) is 5.91 Å². The Labute approximate surface area is 154 Å². The van der Waals surface area contributed by atoms with Crippen LogP contribution in [0.4, 0.5) is 11.4 Å². The normalized spacial score (nSPS) is 10.2. The van der Waals surface area contributed by atoms with Crippen molar-refractivity contribution in [1.82, 2.24) is 5.32 Å². The molecule has 0 spiro atoms. The highest BCUT2D eigenvalue weighted by molar-refractivity contribution is 7.08. The largest absolute Gasteiger partial charge is 0.352 e. The van der Waals surface area contributed by atoms with Crippen molar-refractivity contribution < 1.29 is 14.4 Å². The van der Waals surface area contributed by atoms with E-state index in [2.05, 4.69) is 16.0 Å². The predicted molar refractivity (Wildman–Crippen MR) is 100 cm³/mol. The van der Waals surface area contributed by atoms with Crippen molar-refractivity contribution in [2.24, 2.45) is 0 Å². The summed E-state index contributed by atoms with van der Waals surface area (Å²) in [5, 5.41) is 12.0. The summed E-state index contributed by atoms with van der Waals surface area (Å²) in [6.45, 7) is 1.81. The Balaban J connectivity index is 1.74. The molecule has 1 aromatic carbocycles. The molecule has 0 saturated carbocycles. The van der Waals surface area contributed by atoms with Gasteiger partial charge in [-0.15, -0.1) is 0 Å². The fourth-order valence-corrected chi connectivity index (χ4v) is 2.92. The summed E-state index contributed by atoms with van der Waals surface area (Å²) < 4.78 is 0. The second-order valence-corrected chi connectivity index (χ2v) is 6.48. The van der Waals surface area contributed by atoms with Crippen molar-refractivity contribution >= 4 is 52.0 Å². The molecular formula is C17H18ClN3O3S. The number of amides is 3. The topological polar surface area (TPSA) is 87.3 Å². The molecule has 0 aliphatic heterocycles. The molecule has 132 valence electrons. The number of carbonyl (C=O) groups is 3. The molecule has 25 heavy (non-hydrogen) atoms. The molecule has 0 radical (unpaired) electrons. The summed E-state index contributed by atoms with van der Waals surface area (Å²) in [6.07, 6.45) is 0.800. The number of halogens is 1. The maximum absolute atomic E-state index is 11.9. The summed E-state index contributed by atoms with van der Waals surface area (Å²) in [7, 11) is 0. The van der Waals surface area contributed by atoms with Crippen LogP contribution in [0, 0.1) is 0 Å². The van der Waals surface area contributed by atoms with Gasteiger partial charge in [-0.3, -0.25) is 14.4 Å². The standard InChI is InChI=1S/C17H18ClN3O3S/c1-11(22)20-15-5-4-13(9-14(15)18)21-16(23)3-2-7-19-17(24)12-6-8-25-10-12/h4-6,8-10H,2-3,7H2,1H3,(H,19,24)(H,20,22)(H,21,23). The van der Waals surface area contributed by atoms with Crippen LogP contribution in [-0.4, -0.2) is 24.3 Å². The number of benzene rings is 1. The molecule has 6 nitrogen and oxygen atoms in total. The van der Waals surface area contributed by atoms with Crippen molar-refractivity contribution in [3.8, 4) is 0 Å². The summed E-state index contributed by atoms with van der Waals surface area (Å²) >= 11 is 7.51. The number of hydrogen-bond donors (Lipinski definition) is 3. The molecular weight excluding hydrogens is 362 g/mol. The molecule has 1 aromatic heterocycles. The van der Waals surface area contributed by atoms with Crippen molar-refractivity contribution in [2.75, 3.05) is 17.2 Å². The lowest BCUT2D eigenvalue weighted by Gasteiger charge is -2.09. The van der Waals surface area contributed by atoms with Gasteiger partial charge in [0.05, 0.1) is 10.7 Å². The van der Waals surface area contributed by atoms with Crippen LogP contribution in [0.2, 0.25) is 5.02 Å². The van der Waals surface area contributed by atoms with Crippen LogP contribution in [0.5, 0.6) is 0 Å². The molecule has 0 unspecified atom stereocenters. The first-order valence-corrected chi connectivity index (χ1v) is 8.95. The van der Waals surface area contributed by atoms with Gasteiger partial charge in [0.2, 0.25) is 11.8 Å². The van der Waals surface area contributed by atoms with E-state index in [4.69, 9.17) is 11.6 Å². The lowest BCUT2D eigenvalue weighted by Crippen LogP contribution is -2.25. The molecule has 1 heterocycles. The minimum Gasteiger partial charge on any atom is -0.352 e. The van der Waals surface area contributed by atoms with Crippen LogP contribution >= 0.6 is 22.9 Å². The quantitative estimate of drug-likeness (QED) is 0.643. The van der Waals surface area contributed by atoms with Crippen LogP contribution in [0.15, 0.2) is 35.0 Å². The molecule has 2 rings (SSSR count). The molecule has 3 amide bonds. The molecule has 2 aromatic rings. The Morgan fingerprint density at radius 3 is 2.60 bits per heavy atom. The highest BCUT2D eigenvalue weighted by Crippen LogP contribution is 2.25.